The lowest BCUT2D eigenvalue weighted by atomic mass is 9.81. The Hall–Kier alpha value is -1.51. The highest BCUT2D eigenvalue weighted by Crippen LogP contribution is 2.36. The third-order valence-electron chi connectivity index (χ3n) is 5.39. The van der Waals surface area contributed by atoms with E-state index in [1.165, 1.54) is 6.92 Å². The highest BCUT2D eigenvalue weighted by Gasteiger charge is 2.51. The van der Waals surface area contributed by atoms with Crippen molar-refractivity contribution in [3.63, 3.8) is 0 Å². The zero-order chi connectivity index (χ0) is 18.9. The van der Waals surface area contributed by atoms with Crippen LogP contribution in [0.25, 0.3) is 0 Å². The molecule has 1 saturated carbocycles. The van der Waals surface area contributed by atoms with Crippen molar-refractivity contribution in [2.24, 2.45) is 0 Å². The van der Waals surface area contributed by atoms with E-state index in [-0.39, 0.29) is 24.8 Å². The Morgan fingerprint density at radius 2 is 1.73 bits per heavy atom. The molecule has 0 spiro atoms. The second-order valence-corrected chi connectivity index (χ2v) is 7.95. The molecule has 8 heteroatoms. The number of esters is 1. The van der Waals surface area contributed by atoms with Gasteiger partial charge in [-0.25, -0.2) is 9.97 Å². The predicted molar refractivity (Wildman–Crippen MR) is 95.7 cm³/mol. The van der Waals surface area contributed by atoms with Crippen molar-refractivity contribution in [1.29, 1.82) is 0 Å². The van der Waals surface area contributed by atoms with E-state index in [1.54, 1.807) is 12.4 Å². The van der Waals surface area contributed by atoms with Crippen molar-refractivity contribution >= 4 is 18.6 Å². The standard InChI is InChI=1S/C18H27BN2O5/c1-12(22)24-15-8-6-7-14(15)23-11-16-20-9-13(10-21-16)19-25-17(2,3)18(4,5)26-19/h9-10,14-15H,6-8,11H2,1-5H3/t14-,15-/m0/s1. The van der Waals surface area contributed by atoms with Gasteiger partial charge in [-0.1, -0.05) is 0 Å². The zero-order valence-corrected chi connectivity index (χ0v) is 16.2. The van der Waals surface area contributed by atoms with Crippen LogP contribution in [-0.2, 0) is 30.2 Å². The largest absolute Gasteiger partial charge is 0.498 e. The van der Waals surface area contributed by atoms with Crippen LogP contribution in [0.5, 0.6) is 0 Å². The molecule has 2 heterocycles. The van der Waals surface area contributed by atoms with Gasteiger partial charge in [0.2, 0.25) is 0 Å². The zero-order valence-electron chi connectivity index (χ0n) is 16.2. The maximum absolute atomic E-state index is 11.1. The monoisotopic (exact) mass is 362 g/mol. The molecule has 1 saturated heterocycles. The first-order valence-corrected chi connectivity index (χ1v) is 9.13. The Morgan fingerprint density at radius 1 is 1.15 bits per heavy atom. The average Bonchev–Trinajstić information content (AvgIpc) is 3.07. The van der Waals surface area contributed by atoms with E-state index in [4.69, 9.17) is 18.8 Å². The molecule has 7 nitrogen and oxygen atoms in total. The van der Waals surface area contributed by atoms with Gasteiger partial charge < -0.3 is 18.8 Å². The molecule has 0 N–H and O–H groups in total. The summed E-state index contributed by atoms with van der Waals surface area (Å²) in [5, 5.41) is 0. The third kappa shape index (κ3) is 4.08. The maximum Gasteiger partial charge on any atom is 0.498 e. The Labute approximate surface area is 154 Å². The summed E-state index contributed by atoms with van der Waals surface area (Å²) in [7, 11) is -0.474. The Bertz CT molecular complexity index is 633. The second kappa shape index (κ2) is 7.25. The lowest BCUT2D eigenvalue weighted by Gasteiger charge is -2.32. The lowest BCUT2D eigenvalue weighted by molar-refractivity contribution is -0.153. The molecule has 142 valence electrons. The minimum Gasteiger partial charge on any atom is -0.460 e. The molecule has 1 aliphatic carbocycles. The summed E-state index contributed by atoms with van der Waals surface area (Å²) < 4.78 is 23.2. The molecule has 2 atom stereocenters. The molecule has 0 aromatic carbocycles. The van der Waals surface area contributed by atoms with E-state index in [1.807, 2.05) is 27.7 Å². The van der Waals surface area contributed by atoms with E-state index < -0.39 is 18.3 Å². The summed E-state index contributed by atoms with van der Waals surface area (Å²) in [6.07, 6.45) is 5.88. The van der Waals surface area contributed by atoms with Crippen LogP contribution < -0.4 is 5.46 Å². The smallest absolute Gasteiger partial charge is 0.460 e. The van der Waals surface area contributed by atoms with E-state index in [2.05, 4.69) is 9.97 Å². The second-order valence-electron chi connectivity index (χ2n) is 7.95. The molecule has 1 aromatic heterocycles. The van der Waals surface area contributed by atoms with Crippen molar-refractivity contribution < 1.29 is 23.6 Å². The minimum absolute atomic E-state index is 0.0923. The van der Waals surface area contributed by atoms with E-state index in [0.717, 1.165) is 24.7 Å². The first-order valence-electron chi connectivity index (χ1n) is 9.13. The number of ether oxygens (including phenoxy) is 2. The van der Waals surface area contributed by atoms with Crippen LogP contribution in [-0.4, -0.2) is 46.5 Å². The summed E-state index contributed by atoms with van der Waals surface area (Å²) in [4.78, 5) is 19.9. The molecular weight excluding hydrogens is 335 g/mol. The van der Waals surface area contributed by atoms with Gasteiger partial charge in [-0.3, -0.25) is 4.79 Å². The third-order valence-corrected chi connectivity index (χ3v) is 5.39. The summed E-state index contributed by atoms with van der Waals surface area (Å²) >= 11 is 0. The number of aromatic nitrogens is 2. The fraction of sp³-hybridized carbons (Fsp3) is 0.722. The molecule has 3 rings (SSSR count). The van der Waals surface area contributed by atoms with Gasteiger partial charge in [0, 0.05) is 24.8 Å². The fourth-order valence-corrected chi connectivity index (χ4v) is 3.15. The molecule has 0 radical (unpaired) electrons. The average molecular weight is 362 g/mol. The van der Waals surface area contributed by atoms with Crippen LogP contribution in [0.4, 0.5) is 0 Å². The first kappa shape index (κ1) is 19.3. The predicted octanol–water partition coefficient (Wildman–Crippen LogP) is 1.78. The van der Waals surface area contributed by atoms with E-state index in [0.29, 0.717) is 5.82 Å². The number of rotatable bonds is 5. The maximum atomic E-state index is 11.1. The SMILES string of the molecule is CC(=O)O[C@H]1CCC[C@@H]1OCc1ncc(B2OC(C)(C)C(C)(C)O2)cn1. The molecule has 0 amide bonds. The molecule has 2 aliphatic rings. The van der Waals surface area contributed by atoms with E-state index >= 15 is 0 Å². The van der Waals surface area contributed by atoms with Gasteiger partial charge in [-0.2, -0.15) is 0 Å². The lowest BCUT2D eigenvalue weighted by Crippen LogP contribution is -2.41. The molecule has 0 unspecified atom stereocenters. The van der Waals surface area contributed by atoms with Gasteiger partial charge in [0.05, 0.1) is 17.3 Å². The van der Waals surface area contributed by atoms with Crippen LogP contribution in [0, 0.1) is 0 Å². The van der Waals surface area contributed by atoms with Gasteiger partial charge in [0.25, 0.3) is 0 Å². The molecular formula is C18H27BN2O5. The van der Waals surface area contributed by atoms with Crippen LogP contribution in [0.3, 0.4) is 0 Å². The number of carbonyl (C=O) groups excluding carboxylic acids is 1. The quantitative estimate of drug-likeness (QED) is 0.583. The van der Waals surface area contributed by atoms with Gasteiger partial charge in [0.15, 0.2) is 5.82 Å². The molecule has 1 aliphatic heterocycles. The minimum atomic E-state index is -0.474. The number of nitrogens with zero attached hydrogens (tertiary/aromatic N) is 2. The van der Waals surface area contributed by atoms with E-state index in [9.17, 15) is 4.79 Å². The summed E-state index contributed by atoms with van der Waals surface area (Å²) in [6.45, 7) is 9.75. The van der Waals surface area contributed by atoms with Crippen molar-refractivity contribution in [3.8, 4) is 0 Å². The first-order chi connectivity index (χ1) is 12.2. The summed E-state index contributed by atoms with van der Waals surface area (Å²) in [5.41, 5.74) is -0.00700. The van der Waals surface area contributed by atoms with Crippen molar-refractivity contribution in [3.05, 3.63) is 18.2 Å². The normalized spacial score (nSPS) is 26.9. The molecule has 26 heavy (non-hydrogen) atoms. The van der Waals surface area contributed by atoms with Crippen LogP contribution in [0.15, 0.2) is 12.4 Å². The Balaban J connectivity index is 1.56. The van der Waals surface area contributed by atoms with Crippen LogP contribution in [0.1, 0.15) is 59.7 Å². The molecule has 1 aromatic rings. The number of carbonyl (C=O) groups is 1. The van der Waals surface area contributed by atoms with Crippen molar-refractivity contribution in [2.45, 2.75) is 83.9 Å². The van der Waals surface area contributed by atoms with Gasteiger partial charge in [-0.05, 0) is 47.0 Å². The van der Waals surface area contributed by atoms with Gasteiger partial charge in [0.1, 0.15) is 12.7 Å². The van der Waals surface area contributed by atoms with Crippen LogP contribution in [0.2, 0.25) is 0 Å². The van der Waals surface area contributed by atoms with Gasteiger partial charge >= 0.3 is 13.1 Å². The van der Waals surface area contributed by atoms with Crippen molar-refractivity contribution in [2.75, 3.05) is 0 Å². The fourth-order valence-electron chi connectivity index (χ4n) is 3.15. The van der Waals surface area contributed by atoms with Crippen LogP contribution >= 0.6 is 0 Å². The summed E-state index contributed by atoms with van der Waals surface area (Å²) in [6, 6.07) is 0. The number of hydrogen-bond acceptors (Lipinski definition) is 7. The van der Waals surface area contributed by atoms with Crippen molar-refractivity contribution in [1.82, 2.24) is 9.97 Å². The number of hydrogen-bond donors (Lipinski definition) is 0. The highest BCUT2D eigenvalue weighted by molar-refractivity contribution is 6.61. The molecule has 2 fully saturated rings. The molecule has 0 bridgehead atoms. The Kier molecular flexibility index (Phi) is 5.37. The summed E-state index contributed by atoms with van der Waals surface area (Å²) in [5.74, 6) is 0.312. The highest BCUT2D eigenvalue weighted by atomic mass is 16.7. The Morgan fingerprint density at radius 3 is 2.31 bits per heavy atom. The van der Waals surface area contributed by atoms with Gasteiger partial charge in [-0.15, -0.1) is 0 Å². The topological polar surface area (TPSA) is 79.8 Å².